The van der Waals surface area contributed by atoms with E-state index in [9.17, 15) is 10.1 Å². The van der Waals surface area contributed by atoms with Crippen LogP contribution >= 0.6 is 0 Å². The molecule has 0 spiro atoms. The lowest BCUT2D eigenvalue weighted by atomic mass is 9.91. The van der Waals surface area contributed by atoms with Gasteiger partial charge in [0.1, 0.15) is 17.7 Å². The number of H-pyrrole nitrogens is 1. The van der Waals surface area contributed by atoms with Crippen LogP contribution in [0.1, 0.15) is 41.6 Å². The van der Waals surface area contributed by atoms with Crippen molar-refractivity contribution in [1.29, 1.82) is 5.26 Å². The SMILES string of the molecule is N#Cc1cc(C(N)=O)c(Nc2ccc3[nH]ncc3c2)nc1N[C@@H]1CCCC[C@@H]1N. The molecule has 0 radical (unpaired) electrons. The lowest BCUT2D eigenvalue weighted by molar-refractivity contribution is 0.100. The van der Waals surface area contributed by atoms with Crippen LogP contribution in [0, 0.1) is 11.3 Å². The molecule has 2 aromatic heterocycles. The maximum Gasteiger partial charge on any atom is 0.252 e. The van der Waals surface area contributed by atoms with E-state index in [4.69, 9.17) is 11.5 Å². The van der Waals surface area contributed by atoms with Crippen LogP contribution in [0.4, 0.5) is 17.3 Å². The number of hydrogen-bond acceptors (Lipinski definition) is 7. The summed E-state index contributed by atoms with van der Waals surface area (Å²) in [5.74, 6) is 0.0137. The molecule has 1 aromatic carbocycles. The number of nitrogens with two attached hydrogens (primary N) is 2. The summed E-state index contributed by atoms with van der Waals surface area (Å²) in [6.07, 6.45) is 5.71. The van der Waals surface area contributed by atoms with Crippen LogP contribution in [0.2, 0.25) is 0 Å². The van der Waals surface area contributed by atoms with Gasteiger partial charge in [-0.05, 0) is 37.1 Å². The highest BCUT2D eigenvalue weighted by Gasteiger charge is 2.24. The molecule has 148 valence electrons. The molecule has 2 atom stereocenters. The van der Waals surface area contributed by atoms with Crippen LogP contribution in [0.25, 0.3) is 10.9 Å². The van der Waals surface area contributed by atoms with Crippen LogP contribution < -0.4 is 22.1 Å². The Kier molecular flexibility index (Phi) is 5.01. The topological polar surface area (TPSA) is 159 Å². The largest absolute Gasteiger partial charge is 0.365 e. The predicted octanol–water partition coefficient (Wildman–Crippen LogP) is 2.35. The molecule has 1 saturated carbocycles. The third-order valence-electron chi connectivity index (χ3n) is 5.25. The van der Waals surface area contributed by atoms with Crippen LogP contribution in [0.15, 0.2) is 30.5 Å². The molecule has 1 amide bonds. The Morgan fingerprint density at radius 1 is 1.24 bits per heavy atom. The number of pyridine rings is 1. The van der Waals surface area contributed by atoms with Gasteiger partial charge in [-0.1, -0.05) is 12.8 Å². The monoisotopic (exact) mass is 390 g/mol. The van der Waals surface area contributed by atoms with Gasteiger partial charge in [0.05, 0.1) is 22.8 Å². The van der Waals surface area contributed by atoms with Crippen molar-refractivity contribution in [2.45, 2.75) is 37.8 Å². The molecular formula is C20H22N8O. The molecule has 1 aliphatic carbocycles. The van der Waals surface area contributed by atoms with Gasteiger partial charge in [-0.15, -0.1) is 0 Å². The Bertz CT molecular complexity index is 1100. The minimum absolute atomic E-state index is 0.00665. The van der Waals surface area contributed by atoms with Crippen molar-refractivity contribution in [2.24, 2.45) is 11.5 Å². The molecule has 1 fully saturated rings. The zero-order valence-corrected chi connectivity index (χ0v) is 15.8. The number of nitriles is 1. The number of anilines is 3. The first-order chi connectivity index (χ1) is 14.0. The number of primary amides is 1. The fraction of sp³-hybridized carbons (Fsp3) is 0.300. The highest BCUT2D eigenvalue weighted by atomic mass is 16.1. The number of fused-ring (bicyclic) bond motifs is 1. The fourth-order valence-corrected chi connectivity index (χ4v) is 3.66. The van der Waals surface area contributed by atoms with E-state index in [1.807, 2.05) is 18.2 Å². The highest BCUT2D eigenvalue weighted by molar-refractivity contribution is 5.99. The highest BCUT2D eigenvalue weighted by Crippen LogP contribution is 2.28. The molecule has 29 heavy (non-hydrogen) atoms. The van der Waals surface area contributed by atoms with Crippen molar-refractivity contribution in [3.8, 4) is 6.07 Å². The first-order valence-electron chi connectivity index (χ1n) is 9.52. The van der Waals surface area contributed by atoms with E-state index >= 15 is 0 Å². The van der Waals surface area contributed by atoms with Gasteiger partial charge >= 0.3 is 0 Å². The number of hydrogen-bond donors (Lipinski definition) is 5. The number of carbonyl (C=O) groups is 1. The van der Waals surface area contributed by atoms with Crippen molar-refractivity contribution < 1.29 is 4.79 Å². The number of aromatic amines is 1. The molecule has 9 heteroatoms. The van der Waals surface area contributed by atoms with Gasteiger partial charge in [0.25, 0.3) is 5.91 Å². The van der Waals surface area contributed by atoms with E-state index < -0.39 is 5.91 Å². The van der Waals surface area contributed by atoms with E-state index in [1.54, 1.807) is 6.20 Å². The van der Waals surface area contributed by atoms with Crippen LogP contribution in [-0.2, 0) is 0 Å². The number of aromatic nitrogens is 3. The molecule has 7 N–H and O–H groups in total. The number of nitrogens with one attached hydrogen (secondary N) is 3. The number of carbonyl (C=O) groups excluding carboxylic acids is 1. The Balaban J connectivity index is 1.70. The summed E-state index contributed by atoms with van der Waals surface area (Å²) >= 11 is 0. The molecule has 0 bridgehead atoms. The second-order valence-electron chi connectivity index (χ2n) is 7.25. The van der Waals surface area contributed by atoms with Crippen molar-refractivity contribution >= 4 is 34.1 Å². The van der Waals surface area contributed by atoms with Gasteiger partial charge in [-0.2, -0.15) is 10.4 Å². The predicted molar refractivity (Wildman–Crippen MR) is 111 cm³/mol. The Morgan fingerprint density at radius 3 is 2.83 bits per heavy atom. The van der Waals surface area contributed by atoms with Crippen molar-refractivity contribution in [1.82, 2.24) is 15.2 Å². The van der Waals surface area contributed by atoms with Crippen LogP contribution in [0.5, 0.6) is 0 Å². The molecule has 1 aliphatic rings. The van der Waals surface area contributed by atoms with Crippen molar-refractivity contribution in [3.05, 3.63) is 41.6 Å². The number of nitrogens with zero attached hydrogens (tertiary/aromatic N) is 3. The summed E-state index contributed by atoms with van der Waals surface area (Å²) in [6, 6.07) is 9.17. The third-order valence-corrected chi connectivity index (χ3v) is 5.25. The van der Waals surface area contributed by atoms with Gasteiger partial charge in [-0.25, -0.2) is 4.98 Å². The number of rotatable bonds is 5. The second-order valence-corrected chi connectivity index (χ2v) is 7.25. The Labute approximate surface area is 167 Å². The maximum absolute atomic E-state index is 12.0. The molecule has 4 rings (SSSR count). The third kappa shape index (κ3) is 3.83. The van der Waals surface area contributed by atoms with E-state index in [0.717, 1.165) is 42.3 Å². The minimum Gasteiger partial charge on any atom is -0.365 e. The molecular weight excluding hydrogens is 368 g/mol. The Hall–Kier alpha value is -3.64. The van der Waals surface area contributed by atoms with E-state index in [1.165, 1.54) is 6.07 Å². The van der Waals surface area contributed by atoms with Gasteiger partial charge in [0.2, 0.25) is 0 Å². The van der Waals surface area contributed by atoms with E-state index in [-0.39, 0.29) is 29.0 Å². The summed E-state index contributed by atoms with van der Waals surface area (Å²) < 4.78 is 0. The summed E-state index contributed by atoms with van der Waals surface area (Å²) in [5.41, 5.74) is 13.8. The summed E-state index contributed by atoms with van der Waals surface area (Å²) in [7, 11) is 0. The summed E-state index contributed by atoms with van der Waals surface area (Å²) in [5, 5.41) is 23.8. The molecule has 3 aromatic rings. The smallest absolute Gasteiger partial charge is 0.252 e. The number of amides is 1. The minimum atomic E-state index is -0.665. The van der Waals surface area contributed by atoms with E-state index in [2.05, 4.69) is 31.9 Å². The van der Waals surface area contributed by atoms with Gasteiger partial charge in [0.15, 0.2) is 0 Å². The van der Waals surface area contributed by atoms with Gasteiger partial charge in [0, 0.05) is 23.2 Å². The van der Waals surface area contributed by atoms with E-state index in [0.29, 0.717) is 5.82 Å². The van der Waals surface area contributed by atoms with Gasteiger partial charge in [-0.3, -0.25) is 9.89 Å². The standard InChI is InChI=1S/C20H22N8O/c21-9-11-8-14(18(23)29)20(25-13-5-6-16-12(7-13)10-24-28-16)27-19(11)26-17-4-2-1-3-15(17)22/h5-8,10,15,17H,1-4,22H2,(H2,23,29)(H,24,28)(H2,25,26,27)/t15-,17+/m0/s1. The summed E-state index contributed by atoms with van der Waals surface area (Å²) in [6.45, 7) is 0. The number of benzene rings is 1. The first-order valence-corrected chi connectivity index (χ1v) is 9.52. The Morgan fingerprint density at radius 2 is 2.07 bits per heavy atom. The normalized spacial score (nSPS) is 18.9. The lowest BCUT2D eigenvalue weighted by Crippen LogP contribution is -2.43. The molecule has 0 saturated heterocycles. The second kappa shape index (κ2) is 7.77. The molecule has 0 unspecified atom stereocenters. The average molecular weight is 390 g/mol. The van der Waals surface area contributed by atoms with Gasteiger partial charge < -0.3 is 22.1 Å². The van der Waals surface area contributed by atoms with Crippen molar-refractivity contribution in [2.75, 3.05) is 10.6 Å². The maximum atomic E-state index is 12.0. The summed E-state index contributed by atoms with van der Waals surface area (Å²) in [4.78, 5) is 16.5. The molecule has 9 nitrogen and oxygen atoms in total. The van der Waals surface area contributed by atoms with Crippen LogP contribution in [0.3, 0.4) is 0 Å². The first kappa shape index (κ1) is 18.7. The molecule has 0 aliphatic heterocycles. The fourth-order valence-electron chi connectivity index (χ4n) is 3.66. The zero-order valence-electron chi connectivity index (χ0n) is 15.8. The molecule has 2 heterocycles. The zero-order chi connectivity index (χ0) is 20.4. The average Bonchev–Trinajstić information content (AvgIpc) is 3.17. The lowest BCUT2D eigenvalue weighted by Gasteiger charge is -2.30. The van der Waals surface area contributed by atoms with Crippen molar-refractivity contribution in [3.63, 3.8) is 0 Å². The quantitative estimate of drug-likeness (QED) is 0.447. The van der Waals surface area contributed by atoms with Crippen LogP contribution in [-0.4, -0.2) is 33.2 Å².